The quantitative estimate of drug-likeness (QED) is 0.601. The van der Waals surface area contributed by atoms with E-state index in [1.165, 1.54) is 31.9 Å². The highest BCUT2D eigenvalue weighted by Crippen LogP contribution is 2.32. The molecule has 8 nitrogen and oxygen atoms in total. The minimum absolute atomic E-state index is 0.809. The van der Waals surface area contributed by atoms with Gasteiger partial charge in [0.25, 0.3) is 0 Å². The van der Waals surface area contributed by atoms with Crippen LogP contribution in [0.2, 0.25) is 0 Å². The molecular formula is C21H23F6N3O5. The van der Waals surface area contributed by atoms with Crippen LogP contribution in [0, 0.1) is 11.8 Å². The summed E-state index contributed by atoms with van der Waals surface area (Å²) in [5.74, 6) is -2.81. The topological polar surface area (TPSA) is 107 Å². The van der Waals surface area contributed by atoms with Crippen LogP contribution in [0.25, 0.3) is 0 Å². The van der Waals surface area contributed by atoms with Gasteiger partial charge in [-0.15, -0.1) is 0 Å². The summed E-state index contributed by atoms with van der Waals surface area (Å²) in [6.07, 6.45) is -6.52. The minimum atomic E-state index is -5.08. The molecule has 0 aliphatic carbocycles. The number of aromatic nitrogens is 1. The lowest BCUT2D eigenvalue weighted by Crippen LogP contribution is -2.28. The number of furan rings is 1. The molecule has 0 spiro atoms. The van der Waals surface area contributed by atoms with Crippen LogP contribution in [-0.2, 0) is 22.7 Å². The Morgan fingerprint density at radius 3 is 1.71 bits per heavy atom. The highest BCUT2D eigenvalue weighted by atomic mass is 19.4. The van der Waals surface area contributed by atoms with Gasteiger partial charge >= 0.3 is 24.3 Å². The van der Waals surface area contributed by atoms with Crippen molar-refractivity contribution in [1.29, 1.82) is 0 Å². The van der Waals surface area contributed by atoms with Crippen LogP contribution in [0.4, 0.5) is 26.3 Å². The lowest BCUT2D eigenvalue weighted by molar-refractivity contribution is -0.193. The van der Waals surface area contributed by atoms with Crippen molar-refractivity contribution in [2.75, 3.05) is 26.2 Å². The maximum absolute atomic E-state index is 10.6. The molecule has 2 atom stereocenters. The first-order valence-electron chi connectivity index (χ1n) is 10.2. The molecule has 194 valence electrons. The summed E-state index contributed by atoms with van der Waals surface area (Å²) in [4.78, 5) is 27.3. The van der Waals surface area contributed by atoms with Crippen molar-refractivity contribution in [1.82, 2.24) is 14.8 Å². The summed E-state index contributed by atoms with van der Waals surface area (Å²) in [6.45, 7) is 6.76. The second-order valence-electron chi connectivity index (χ2n) is 7.91. The molecule has 2 unspecified atom stereocenters. The number of likely N-dealkylation sites (tertiary alicyclic amines) is 2. The lowest BCUT2D eigenvalue weighted by atomic mass is 10.0. The van der Waals surface area contributed by atoms with Gasteiger partial charge in [-0.3, -0.25) is 14.8 Å². The van der Waals surface area contributed by atoms with E-state index >= 15 is 0 Å². The first-order valence-corrected chi connectivity index (χ1v) is 10.2. The van der Waals surface area contributed by atoms with Gasteiger partial charge in [-0.25, -0.2) is 9.59 Å². The van der Waals surface area contributed by atoms with Gasteiger partial charge < -0.3 is 14.6 Å². The SMILES string of the molecule is O=C(O)C(F)(F)F.O=C(O)C(F)(F)F.c1ccc(CN2CC3CN(Cc4ccco4)CC3C2)nc1. The van der Waals surface area contributed by atoms with Crippen LogP contribution in [-0.4, -0.2) is 75.5 Å². The molecule has 4 rings (SSSR count). The predicted molar refractivity (Wildman–Crippen MR) is 108 cm³/mol. The molecule has 35 heavy (non-hydrogen) atoms. The van der Waals surface area contributed by atoms with Crippen molar-refractivity contribution in [3.05, 3.63) is 54.2 Å². The largest absolute Gasteiger partial charge is 0.490 e. The van der Waals surface area contributed by atoms with Crippen molar-refractivity contribution >= 4 is 11.9 Å². The zero-order chi connectivity index (χ0) is 26.2. The number of carbonyl (C=O) groups is 2. The third-order valence-corrected chi connectivity index (χ3v) is 5.19. The molecule has 2 aliphatic heterocycles. The molecule has 2 aliphatic rings. The zero-order valence-corrected chi connectivity index (χ0v) is 18.2. The molecule has 2 saturated heterocycles. The second-order valence-corrected chi connectivity index (χ2v) is 7.91. The van der Waals surface area contributed by atoms with Gasteiger partial charge in [0, 0.05) is 38.9 Å². The highest BCUT2D eigenvalue weighted by molar-refractivity contribution is 5.73. The van der Waals surface area contributed by atoms with Gasteiger partial charge in [-0.1, -0.05) is 6.07 Å². The van der Waals surface area contributed by atoms with Crippen molar-refractivity contribution in [3.63, 3.8) is 0 Å². The summed E-state index contributed by atoms with van der Waals surface area (Å²) in [7, 11) is 0. The molecule has 14 heteroatoms. The molecule has 0 radical (unpaired) electrons. The van der Waals surface area contributed by atoms with E-state index in [9.17, 15) is 26.3 Å². The average molecular weight is 511 g/mol. The normalized spacial score (nSPS) is 20.3. The minimum Gasteiger partial charge on any atom is -0.475 e. The fourth-order valence-electron chi connectivity index (χ4n) is 3.79. The molecule has 0 bridgehead atoms. The lowest BCUT2D eigenvalue weighted by Gasteiger charge is -2.20. The van der Waals surface area contributed by atoms with Crippen LogP contribution in [0.1, 0.15) is 11.5 Å². The number of pyridine rings is 1. The van der Waals surface area contributed by atoms with Crippen LogP contribution in [0.15, 0.2) is 47.2 Å². The fraction of sp³-hybridized carbons (Fsp3) is 0.476. The Balaban J connectivity index is 0.000000257. The monoisotopic (exact) mass is 511 g/mol. The Labute approximate surface area is 195 Å². The molecule has 2 N–H and O–H groups in total. The number of carboxylic acid groups (broad SMARTS) is 2. The summed E-state index contributed by atoms with van der Waals surface area (Å²) in [5, 5.41) is 14.2. The predicted octanol–water partition coefficient (Wildman–Crippen LogP) is 3.51. The number of aliphatic carboxylic acids is 2. The van der Waals surface area contributed by atoms with Crippen molar-refractivity contribution < 1.29 is 50.6 Å². The van der Waals surface area contributed by atoms with Gasteiger partial charge in [-0.2, -0.15) is 26.3 Å². The number of alkyl halides is 6. The fourth-order valence-corrected chi connectivity index (χ4v) is 3.79. The van der Waals surface area contributed by atoms with Crippen LogP contribution < -0.4 is 0 Å². The van der Waals surface area contributed by atoms with Gasteiger partial charge in [-0.05, 0) is 36.1 Å². The van der Waals surface area contributed by atoms with Gasteiger partial charge in [0.05, 0.1) is 18.5 Å². The zero-order valence-electron chi connectivity index (χ0n) is 18.2. The maximum atomic E-state index is 10.6. The van der Waals surface area contributed by atoms with E-state index in [2.05, 4.69) is 33.0 Å². The van der Waals surface area contributed by atoms with E-state index in [0.717, 1.165) is 30.7 Å². The van der Waals surface area contributed by atoms with E-state index in [4.69, 9.17) is 24.2 Å². The summed E-state index contributed by atoms with van der Waals surface area (Å²) < 4.78 is 68.9. The Morgan fingerprint density at radius 2 is 1.34 bits per heavy atom. The Hall–Kier alpha value is -3.13. The molecule has 0 amide bonds. The molecule has 4 heterocycles. The van der Waals surface area contributed by atoms with E-state index in [0.29, 0.717) is 0 Å². The third-order valence-electron chi connectivity index (χ3n) is 5.19. The summed E-state index contributed by atoms with van der Waals surface area (Å²) in [5.41, 5.74) is 1.19. The van der Waals surface area contributed by atoms with Crippen LogP contribution in [0.3, 0.4) is 0 Å². The number of hydrogen-bond acceptors (Lipinski definition) is 6. The average Bonchev–Trinajstić information content (AvgIpc) is 3.46. The van der Waals surface area contributed by atoms with Gasteiger partial charge in [0.2, 0.25) is 0 Å². The number of halogens is 6. The van der Waals surface area contributed by atoms with E-state index in [1.54, 1.807) is 6.26 Å². The second kappa shape index (κ2) is 12.0. The summed E-state index contributed by atoms with van der Waals surface area (Å²) >= 11 is 0. The van der Waals surface area contributed by atoms with Crippen molar-refractivity contribution in [3.8, 4) is 0 Å². The molecule has 0 aromatic carbocycles. The number of carboxylic acids is 2. The smallest absolute Gasteiger partial charge is 0.475 e. The first kappa shape index (κ1) is 28.1. The molecular weight excluding hydrogens is 488 g/mol. The Morgan fingerprint density at radius 1 is 0.857 bits per heavy atom. The third kappa shape index (κ3) is 9.56. The highest BCUT2D eigenvalue weighted by Gasteiger charge is 2.40. The van der Waals surface area contributed by atoms with E-state index in [-0.39, 0.29) is 0 Å². The number of hydrogen-bond donors (Lipinski definition) is 2. The standard InChI is InChI=1S/C17H21N3O.2C2HF3O2/c1-2-6-18-16(4-1)12-19-8-14-10-20(11-15(14)9-19)13-17-5-3-7-21-17;2*3-2(4,5)1(6)7/h1-7,14-15H,8-13H2;2*(H,6,7). The van der Waals surface area contributed by atoms with Gasteiger partial charge in [0.1, 0.15) is 5.76 Å². The molecule has 2 aromatic heterocycles. The number of fused-ring (bicyclic) bond motifs is 1. The first-order chi connectivity index (χ1) is 16.3. The van der Waals surface area contributed by atoms with E-state index in [1.807, 2.05) is 18.3 Å². The van der Waals surface area contributed by atoms with Crippen molar-refractivity contribution in [2.24, 2.45) is 11.8 Å². The number of nitrogens with zero attached hydrogens (tertiary/aromatic N) is 3. The van der Waals surface area contributed by atoms with Crippen molar-refractivity contribution in [2.45, 2.75) is 25.4 Å². The molecule has 0 saturated carbocycles. The Bertz CT molecular complexity index is 899. The number of rotatable bonds is 4. The van der Waals surface area contributed by atoms with Gasteiger partial charge in [0.15, 0.2) is 0 Å². The maximum Gasteiger partial charge on any atom is 0.490 e. The van der Waals surface area contributed by atoms with E-state index < -0.39 is 24.3 Å². The summed E-state index contributed by atoms with van der Waals surface area (Å²) in [6, 6.07) is 10.2. The van der Waals surface area contributed by atoms with Crippen LogP contribution in [0.5, 0.6) is 0 Å². The molecule has 2 fully saturated rings. The van der Waals surface area contributed by atoms with Crippen LogP contribution >= 0.6 is 0 Å². The Kier molecular flexibility index (Phi) is 9.65. The molecule has 2 aromatic rings.